The minimum atomic E-state index is -0.385. The van der Waals surface area contributed by atoms with Gasteiger partial charge in [-0.2, -0.15) is 0 Å². The maximum atomic E-state index is 12.4. The molecule has 166 valence electrons. The standard InChI is InChI=1S/C23H28ClN3O3S/c1-3-26(4-2)15-23(11-12-23)16-5-7-17(8-6-16)27-14-18(30-22(27)29)13-25-21(28)19-9-10-20(24)31-19/h5-10,18H,3-4,11-15H2,1-2H3,(H,25,28). The average Bonchev–Trinajstić information content (AvgIpc) is 3.28. The molecule has 1 unspecified atom stereocenters. The topological polar surface area (TPSA) is 61.9 Å². The van der Waals surface area contributed by atoms with Gasteiger partial charge in [-0.25, -0.2) is 4.79 Å². The smallest absolute Gasteiger partial charge is 0.414 e. The number of thiophene rings is 1. The van der Waals surface area contributed by atoms with Gasteiger partial charge in [0, 0.05) is 17.6 Å². The van der Waals surface area contributed by atoms with Gasteiger partial charge in [-0.05, 0) is 55.8 Å². The third-order valence-corrected chi connectivity index (χ3v) is 7.46. The molecule has 0 radical (unpaired) electrons. The number of rotatable bonds is 9. The van der Waals surface area contributed by atoms with Gasteiger partial charge in [0.1, 0.15) is 6.10 Å². The predicted molar refractivity (Wildman–Crippen MR) is 124 cm³/mol. The minimum absolute atomic E-state index is 0.210. The maximum absolute atomic E-state index is 12.4. The number of carbonyl (C=O) groups is 2. The van der Waals surface area contributed by atoms with Crippen molar-refractivity contribution in [3.8, 4) is 0 Å². The van der Waals surface area contributed by atoms with Crippen LogP contribution in [0.15, 0.2) is 36.4 Å². The quantitative estimate of drug-likeness (QED) is 0.596. The molecule has 31 heavy (non-hydrogen) atoms. The molecule has 1 aromatic carbocycles. The van der Waals surface area contributed by atoms with Gasteiger partial charge in [-0.3, -0.25) is 9.69 Å². The van der Waals surface area contributed by atoms with Crippen molar-refractivity contribution in [3.05, 3.63) is 51.2 Å². The lowest BCUT2D eigenvalue weighted by Gasteiger charge is -2.26. The molecule has 1 aliphatic carbocycles. The monoisotopic (exact) mass is 461 g/mol. The number of hydrogen-bond acceptors (Lipinski definition) is 5. The number of benzene rings is 1. The second-order valence-corrected chi connectivity index (χ2v) is 9.93. The number of nitrogens with one attached hydrogen (secondary N) is 1. The van der Waals surface area contributed by atoms with Crippen LogP contribution in [-0.4, -0.2) is 55.7 Å². The number of nitrogens with zero attached hydrogens (tertiary/aromatic N) is 2. The molecule has 2 fully saturated rings. The minimum Gasteiger partial charge on any atom is -0.442 e. The Morgan fingerprint density at radius 2 is 1.94 bits per heavy atom. The van der Waals surface area contributed by atoms with E-state index in [4.69, 9.17) is 16.3 Å². The van der Waals surface area contributed by atoms with E-state index in [-0.39, 0.29) is 30.1 Å². The van der Waals surface area contributed by atoms with Crippen molar-refractivity contribution >= 4 is 40.6 Å². The van der Waals surface area contributed by atoms with Crippen LogP contribution >= 0.6 is 22.9 Å². The highest BCUT2D eigenvalue weighted by atomic mass is 35.5. The zero-order chi connectivity index (χ0) is 22.0. The summed E-state index contributed by atoms with van der Waals surface area (Å²) in [6.45, 7) is 8.30. The molecule has 0 bridgehead atoms. The van der Waals surface area contributed by atoms with Crippen molar-refractivity contribution in [3.63, 3.8) is 0 Å². The second kappa shape index (κ2) is 9.18. The third kappa shape index (κ3) is 4.89. The molecule has 1 atom stereocenters. The molecule has 2 heterocycles. The first-order chi connectivity index (χ1) is 14.9. The molecular weight excluding hydrogens is 434 g/mol. The average molecular weight is 462 g/mol. The van der Waals surface area contributed by atoms with E-state index in [1.54, 1.807) is 17.0 Å². The molecule has 0 spiro atoms. The molecular formula is C23H28ClN3O3S. The van der Waals surface area contributed by atoms with E-state index >= 15 is 0 Å². The molecule has 2 aromatic rings. The van der Waals surface area contributed by atoms with Crippen molar-refractivity contribution in [2.24, 2.45) is 0 Å². The molecule has 4 rings (SSSR count). The van der Waals surface area contributed by atoms with Crippen LogP contribution in [0.2, 0.25) is 4.34 Å². The second-order valence-electron chi connectivity index (χ2n) is 8.22. The molecule has 2 amide bonds. The van der Waals surface area contributed by atoms with Crippen molar-refractivity contribution in [2.45, 2.75) is 38.2 Å². The molecule has 1 N–H and O–H groups in total. The van der Waals surface area contributed by atoms with E-state index in [0.717, 1.165) is 25.3 Å². The van der Waals surface area contributed by atoms with Gasteiger partial charge < -0.3 is 15.0 Å². The van der Waals surface area contributed by atoms with Crippen molar-refractivity contribution < 1.29 is 14.3 Å². The number of amides is 2. The summed E-state index contributed by atoms with van der Waals surface area (Å²) in [6, 6.07) is 11.7. The Hall–Kier alpha value is -2.09. The Kier molecular flexibility index (Phi) is 6.55. The number of hydrogen-bond donors (Lipinski definition) is 1. The molecule has 2 aliphatic rings. The number of ether oxygens (including phenoxy) is 1. The first-order valence-electron chi connectivity index (χ1n) is 10.8. The zero-order valence-corrected chi connectivity index (χ0v) is 19.5. The van der Waals surface area contributed by atoms with Crippen molar-refractivity contribution in [1.29, 1.82) is 0 Å². The highest BCUT2D eigenvalue weighted by molar-refractivity contribution is 7.18. The van der Waals surface area contributed by atoms with Crippen LogP contribution in [0.3, 0.4) is 0 Å². The van der Waals surface area contributed by atoms with Crippen LogP contribution in [0, 0.1) is 0 Å². The van der Waals surface area contributed by atoms with Crippen molar-refractivity contribution in [2.75, 3.05) is 37.6 Å². The molecule has 6 nitrogen and oxygen atoms in total. The largest absolute Gasteiger partial charge is 0.442 e. The highest BCUT2D eigenvalue weighted by Gasteiger charge is 2.45. The van der Waals surface area contributed by atoms with E-state index in [0.29, 0.717) is 15.8 Å². The summed E-state index contributed by atoms with van der Waals surface area (Å²) < 4.78 is 6.02. The van der Waals surface area contributed by atoms with Gasteiger partial charge in [0.2, 0.25) is 0 Å². The van der Waals surface area contributed by atoms with Gasteiger partial charge in [0.15, 0.2) is 0 Å². The summed E-state index contributed by atoms with van der Waals surface area (Å²) in [6.07, 6.45) is 1.66. The van der Waals surface area contributed by atoms with Crippen molar-refractivity contribution in [1.82, 2.24) is 10.2 Å². The van der Waals surface area contributed by atoms with Crippen LogP contribution in [0.5, 0.6) is 0 Å². The Labute approximate surface area is 192 Å². The molecule has 1 saturated carbocycles. The summed E-state index contributed by atoms with van der Waals surface area (Å²) in [4.78, 5) is 29.2. The van der Waals surface area contributed by atoms with Crippen LogP contribution in [0.25, 0.3) is 0 Å². The van der Waals surface area contributed by atoms with Crippen LogP contribution in [-0.2, 0) is 10.2 Å². The lowest BCUT2D eigenvalue weighted by Crippen LogP contribution is -2.34. The first-order valence-corrected chi connectivity index (χ1v) is 12.0. The van der Waals surface area contributed by atoms with Gasteiger partial charge in [-0.1, -0.05) is 37.6 Å². The van der Waals surface area contributed by atoms with Gasteiger partial charge >= 0.3 is 6.09 Å². The number of anilines is 1. The zero-order valence-electron chi connectivity index (χ0n) is 17.9. The van der Waals surface area contributed by atoms with E-state index in [1.807, 2.05) is 12.1 Å². The fourth-order valence-electron chi connectivity index (χ4n) is 4.13. The van der Waals surface area contributed by atoms with E-state index in [1.165, 1.54) is 29.7 Å². The normalized spacial score (nSPS) is 19.5. The SMILES string of the molecule is CCN(CC)CC1(c2ccc(N3CC(CNC(=O)c4ccc(Cl)s4)OC3=O)cc2)CC1. The van der Waals surface area contributed by atoms with Gasteiger partial charge in [0.25, 0.3) is 5.91 Å². The lowest BCUT2D eigenvalue weighted by molar-refractivity contribution is 0.0920. The summed E-state index contributed by atoms with van der Waals surface area (Å²) in [5.74, 6) is -0.210. The van der Waals surface area contributed by atoms with E-state index in [9.17, 15) is 9.59 Å². The molecule has 1 saturated heterocycles. The number of cyclic esters (lactones) is 1. The summed E-state index contributed by atoms with van der Waals surface area (Å²) in [5, 5.41) is 2.82. The van der Waals surface area contributed by atoms with E-state index < -0.39 is 0 Å². The Morgan fingerprint density at radius 1 is 1.23 bits per heavy atom. The highest BCUT2D eigenvalue weighted by Crippen LogP contribution is 2.49. The van der Waals surface area contributed by atoms with Crippen LogP contribution in [0.4, 0.5) is 10.5 Å². The first kappa shape index (κ1) is 22.1. The molecule has 1 aliphatic heterocycles. The van der Waals surface area contributed by atoms with Gasteiger partial charge in [-0.15, -0.1) is 11.3 Å². The molecule has 8 heteroatoms. The maximum Gasteiger partial charge on any atom is 0.414 e. The molecule has 1 aromatic heterocycles. The van der Waals surface area contributed by atoms with Gasteiger partial charge in [0.05, 0.1) is 22.3 Å². The Balaban J connectivity index is 1.34. The van der Waals surface area contributed by atoms with Crippen LogP contribution < -0.4 is 10.2 Å². The third-order valence-electron chi connectivity index (χ3n) is 6.23. The lowest BCUT2D eigenvalue weighted by atomic mass is 9.95. The number of likely N-dealkylation sites (N-methyl/N-ethyl adjacent to an activating group) is 1. The summed E-state index contributed by atoms with van der Waals surface area (Å²) in [5.41, 5.74) is 2.42. The number of carbonyl (C=O) groups excluding carboxylic acids is 2. The number of halogens is 1. The fourth-order valence-corrected chi connectivity index (χ4v) is 5.09. The predicted octanol–water partition coefficient (Wildman–Crippen LogP) is 4.53. The Bertz CT molecular complexity index is 938. The summed E-state index contributed by atoms with van der Waals surface area (Å²) in [7, 11) is 0. The fraction of sp³-hybridized carbons (Fsp3) is 0.478. The Morgan fingerprint density at radius 3 is 2.52 bits per heavy atom. The summed E-state index contributed by atoms with van der Waals surface area (Å²) >= 11 is 7.10. The van der Waals surface area contributed by atoms with Crippen LogP contribution in [0.1, 0.15) is 41.9 Å². The van der Waals surface area contributed by atoms with E-state index in [2.05, 4.69) is 36.2 Å².